The lowest BCUT2D eigenvalue weighted by molar-refractivity contribution is -0.167. The van der Waals surface area contributed by atoms with Gasteiger partial charge >= 0.3 is 17.9 Å². The summed E-state index contributed by atoms with van der Waals surface area (Å²) in [4.78, 5) is 38.3. The van der Waals surface area contributed by atoms with Gasteiger partial charge in [0.05, 0.1) is 0 Å². The van der Waals surface area contributed by atoms with Crippen molar-refractivity contribution >= 4 is 17.9 Å². The van der Waals surface area contributed by atoms with Crippen LogP contribution in [0.4, 0.5) is 0 Å². The smallest absolute Gasteiger partial charge is 0.306 e. The SMILES string of the molecule is CCCCCCC\C=C/C=C\C=C/CCCCCCCC(=O)OC(COC(=O)CCCCCCCCCCCCCCCCCC)COC(=O)CCCCCCCCCCCCCCCCCCCCC. The molecule has 1 unspecified atom stereocenters. The third kappa shape index (κ3) is 58.4. The molecule has 0 rings (SSSR count). The Hall–Kier alpha value is -2.37. The summed E-state index contributed by atoms with van der Waals surface area (Å²) in [5, 5.41) is 0. The molecule has 6 nitrogen and oxygen atoms in total. The molecule has 0 saturated carbocycles. The third-order valence-corrected chi connectivity index (χ3v) is 14.2. The maximum Gasteiger partial charge on any atom is 0.306 e. The van der Waals surface area contributed by atoms with Crippen LogP contribution in [0, 0.1) is 0 Å². The van der Waals surface area contributed by atoms with Crippen molar-refractivity contribution in [2.45, 2.75) is 348 Å². The quantitative estimate of drug-likeness (QED) is 0.0261. The molecule has 71 heavy (non-hydrogen) atoms. The van der Waals surface area contributed by atoms with Gasteiger partial charge in [0, 0.05) is 19.3 Å². The molecule has 0 spiro atoms. The molecule has 0 aromatic rings. The second-order valence-corrected chi connectivity index (χ2v) is 21.4. The molecular formula is C65H120O6. The number of ether oxygens (including phenoxy) is 3. The summed E-state index contributed by atoms with van der Waals surface area (Å²) >= 11 is 0. The number of esters is 3. The van der Waals surface area contributed by atoms with E-state index >= 15 is 0 Å². The van der Waals surface area contributed by atoms with E-state index in [0.717, 1.165) is 77.0 Å². The van der Waals surface area contributed by atoms with Crippen LogP contribution in [0.25, 0.3) is 0 Å². The van der Waals surface area contributed by atoms with Crippen LogP contribution in [0.1, 0.15) is 342 Å². The number of allylic oxidation sites excluding steroid dienone is 6. The zero-order valence-corrected chi connectivity index (χ0v) is 47.8. The first-order valence-corrected chi connectivity index (χ1v) is 31.5. The van der Waals surface area contributed by atoms with Gasteiger partial charge in [-0.1, -0.05) is 314 Å². The predicted octanol–water partition coefficient (Wildman–Crippen LogP) is 21.2. The Morgan fingerprint density at radius 2 is 0.507 bits per heavy atom. The van der Waals surface area contributed by atoms with Crippen molar-refractivity contribution in [2.75, 3.05) is 13.2 Å². The van der Waals surface area contributed by atoms with Gasteiger partial charge in [-0.05, 0) is 44.9 Å². The molecule has 0 aliphatic heterocycles. The average Bonchev–Trinajstić information content (AvgIpc) is 3.37. The number of unbranched alkanes of at least 4 members (excludes halogenated alkanes) is 43. The van der Waals surface area contributed by atoms with E-state index in [4.69, 9.17) is 14.2 Å². The normalized spacial score (nSPS) is 12.2. The van der Waals surface area contributed by atoms with Crippen LogP contribution in [0.5, 0.6) is 0 Å². The Balaban J connectivity index is 4.36. The summed E-state index contributed by atoms with van der Waals surface area (Å²) in [6.07, 6.45) is 72.8. The zero-order valence-electron chi connectivity index (χ0n) is 47.8. The van der Waals surface area contributed by atoms with Crippen LogP contribution in [-0.2, 0) is 28.6 Å². The molecule has 0 aliphatic rings. The highest BCUT2D eigenvalue weighted by Crippen LogP contribution is 2.18. The first kappa shape index (κ1) is 68.6. The van der Waals surface area contributed by atoms with Crippen LogP contribution >= 0.6 is 0 Å². The maximum absolute atomic E-state index is 12.9. The first-order valence-electron chi connectivity index (χ1n) is 31.5. The van der Waals surface area contributed by atoms with E-state index in [0.29, 0.717) is 19.3 Å². The highest BCUT2D eigenvalue weighted by Gasteiger charge is 2.19. The molecule has 0 saturated heterocycles. The Morgan fingerprint density at radius 3 is 0.775 bits per heavy atom. The van der Waals surface area contributed by atoms with E-state index < -0.39 is 6.10 Å². The van der Waals surface area contributed by atoms with Crippen LogP contribution < -0.4 is 0 Å². The molecule has 0 N–H and O–H groups in total. The maximum atomic E-state index is 12.9. The van der Waals surface area contributed by atoms with Crippen molar-refractivity contribution < 1.29 is 28.6 Å². The Morgan fingerprint density at radius 1 is 0.282 bits per heavy atom. The molecular weight excluding hydrogens is 877 g/mol. The zero-order chi connectivity index (χ0) is 51.4. The summed E-state index contributed by atoms with van der Waals surface area (Å²) in [7, 11) is 0. The first-order chi connectivity index (χ1) is 35.0. The summed E-state index contributed by atoms with van der Waals surface area (Å²) in [5.74, 6) is -0.870. The van der Waals surface area contributed by atoms with Gasteiger partial charge in [0.25, 0.3) is 0 Å². The molecule has 0 aromatic carbocycles. The van der Waals surface area contributed by atoms with E-state index in [9.17, 15) is 14.4 Å². The highest BCUT2D eigenvalue weighted by molar-refractivity contribution is 5.71. The van der Waals surface area contributed by atoms with Crippen LogP contribution in [0.3, 0.4) is 0 Å². The van der Waals surface area contributed by atoms with Crippen molar-refractivity contribution in [3.8, 4) is 0 Å². The van der Waals surface area contributed by atoms with Gasteiger partial charge in [0.15, 0.2) is 6.10 Å². The van der Waals surface area contributed by atoms with Gasteiger partial charge in [-0.15, -0.1) is 0 Å². The van der Waals surface area contributed by atoms with Crippen LogP contribution in [-0.4, -0.2) is 37.2 Å². The lowest BCUT2D eigenvalue weighted by Crippen LogP contribution is -2.30. The fourth-order valence-electron chi connectivity index (χ4n) is 9.45. The molecule has 0 aliphatic carbocycles. The number of hydrogen-bond donors (Lipinski definition) is 0. The van der Waals surface area contributed by atoms with Crippen molar-refractivity contribution in [2.24, 2.45) is 0 Å². The van der Waals surface area contributed by atoms with Gasteiger partial charge in [0.1, 0.15) is 13.2 Å². The minimum absolute atomic E-state index is 0.0753. The van der Waals surface area contributed by atoms with E-state index in [1.54, 1.807) is 0 Å². The molecule has 0 heterocycles. The summed E-state index contributed by atoms with van der Waals surface area (Å²) < 4.78 is 16.9. The standard InChI is InChI=1S/C65H120O6/c1-4-7-10-13-16-19-22-25-28-31-33-35-37-40-43-46-49-52-55-58-64(67)70-61-62(60-69-63(66)57-54-51-48-45-42-39-36-30-27-24-21-18-15-12-9-6-3)71-65(68)59-56-53-50-47-44-41-38-34-32-29-26-23-20-17-14-11-8-5-2/h23,26,29,32,34,38,62H,4-22,24-25,27-28,30-31,33,35-37,39-61H2,1-3H3/b26-23-,32-29-,38-34-. The number of carbonyl (C=O) groups is 3. The fourth-order valence-corrected chi connectivity index (χ4v) is 9.45. The van der Waals surface area contributed by atoms with E-state index in [2.05, 4.69) is 57.2 Å². The second kappa shape index (κ2) is 60.2. The molecule has 0 aromatic heterocycles. The van der Waals surface area contributed by atoms with E-state index in [-0.39, 0.29) is 31.1 Å². The molecule has 6 heteroatoms. The molecule has 0 fully saturated rings. The Kier molecular flexibility index (Phi) is 58.2. The van der Waals surface area contributed by atoms with Gasteiger partial charge in [-0.25, -0.2) is 0 Å². The summed E-state index contributed by atoms with van der Waals surface area (Å²) in [6.45, 7) is 6.67. The van der Waals surface area contributed by atoms with Crippen LogP contribution in [0.2, 0.25) is 0 Å². The molecule has 416 valence electrons. The van der Waals surface area contributed by atoms with Gasteiger partial charge < -0.3 is 14.2 Å². The van der Waals surface area contributed by atoms with E-state index in [1.165, 1.54) is 225 Å². The van der Waals surface area contributed by atoms with E-state index in [1.807, 2.05) is 0 Å². The Labute approximate surface area is 442 Å². The van der Waals surface area contributed by atoms with Crippen LogP contribution in [0.15, 0.2) is 36.5 Å². The number of hydrogen-bond acceptors (Lipinski definition) is 6. The average molecular weight is 998 g/mol. The van der Waals surface area contributed by atoms with Gasteiger partial charge in [0.2, 0.25) is 0 Å². The number of rotatable bonds is 58. The Bertz CT molecular complexity index is 1190. The van der Waals surface area contributed by atoms with Crippen molar-refractivity contribution in [3.05, 3.63) is 36.5 Å². The second-order valence-electron chi connectivity index (χ2n) is 21.4. The predicted molar refractivity (Wildman–Crippen MR) is 307 cm³/mol. The van der Waals surface area contributed by atoms with Gasteiger partial charge in [-0.2, -0.15) is 0 Å². The molecule has 1 atom stereocenters. The summed E-state index contributed by atoms with van der Waals surface area (Å²) in [6, 6.07) is 0. The van der Waals surface area contributed by atoms with Crippen molar-refractivity contribution in [3.63, 3.8) is 0 Å². The summed E-state index contributed by atoms with van der Waals surface area (Å²) in [5.41, 5.74) is 0. The lowest BCUT2D eigenvalue weighted by atomic mass is 10.0. The minimum Gasteiger partial charge on any atom is -0.462 e. The highest BCUT2D eigenvalue weighted by atomic mass is 16.6. The number of carbonyl (C=O) groups excluding carboxylic acids is 3. The molecule has 0 bridgehead atoms. The molecule has 0 amide bonds. The van der Waals surface area contributed by atoms with Crippen molar-refractivity contribution in [1.82, 2.24) is 0 Å². The monoisotopic (exact) mass is 997 g/mol. The third-order valence-electron chi connectivity index (χ3n) is 14.2. The van der Waals surface area contributed by atoms with Gasteiger partial charge in [-0.3, -0.25) is 14.4 Å². The fraction of sp³-hybridized carbons (Fsp3) is 0.862. The minimum atomic E-state index is -0.779. The topological polar surface area (TPSA) is 78.9 Å². The largest absolute Gasteiger partial charge is 0.462 e. The molecule has 0 radical (unpaired) electrons. The lowest BCUT2D eigenvalue weighted by Gasteiger charge is -2.18. The van der Waals surface area contributed by atoms with Crippen molar-refractivity contribution in [1.29, 1.82) is 0 Å².